The summed E-state index contributed by atoms with van der Waals surface area (Å²) in [5.74, 6) is 0.433. The predicted molar refractivity (Wildman–Crippen MR) is 82.8 cm³/mol. The average Bonchev–Trinajstić information content (AvgIpc) is 2.45. The fourth-order valence-electron chi connectivity index (χ4n) is 1.70. The number of hydrogen-bond acceptors (Lipinski definition) is 3. The van der Waals surface area contributed by atoms with Gasteiger partial charge in [0.1, 0.15) is 5.02 Å². The van der Waals surface area contributed by atoms with Crippen molar-refractivity contribution in [2.45, 2.75) is 26.8 Å². The van der Waals surface area contributed by atoms with Crippen LogP contribution in [0.2, 0.25) is 5.02 Å². The van der Waals surface area contributed by atoms with Crippen LogP contribution in [0.5, 0.6) is 0 Å². The maximum atomic E-state index is 12.3. The van der Waals surface area contributed by atoms with E-state index < -0.39 is 0 Å². The summed E-state index contributed by atoms with van der Waals surface area (Å²) in [4.78, 5) is 12.3. The van der Waals surface area contributed by atoms with Crippen LogP contribution in [0.3, 0.4) is 0 Å². The van der Waals surface area contributed by atoms with Crippen molar-refractivity contribution in [2.75, 3.05) is 5.32 Å². The Kier molecular flexibility index (Phi) is 4.45. The molecule has 0 saturated carbocycles. The standard InChI is InChI=1S/C15H18ClN3O/c1-10(2)11(3)18-13-9-17-19(15(20)14(13)16)12-7-5-4-6-8-12/h4-11,18H,1-3H3. The fourth-order valence-corrected chi connectivity index (χ4v) is 1.88. The van der Waals surface area contributed by atoms with E-state index in [0.29, 0.717) is 17.3 Å². The van der Waals surface area contributed by atoms with Gasteiger partial charge in [-0.05, 0) is 25.0 Å². The van der Waals surface area contributed by atoms with Crippen molar-refractivity contribution >= 4 is 17.3 Å². The molecular formula is C15H18ClN3O. The Morgan fingerprint density at radius 2 is 1.85 bits per heavy atom. The van der Waals surface area contributed by atoms with E-state index in [1.165, 1.54) is 4.68 Å². The van der Waals surface area contributed by atoms with Crippen molar-refractivity contribution in [2.24, 2.45) is 5.92 Å². The minimum atomic E-state index is -0.321. The number of nitrogens with one attached hydrogen (secondary N) is 1. The first kappa shape index (κ1) is 14.6. The summed E-state index contributed by atoms with van der Waals surface area (Å²) >= 11 is 6.16. The van der Waals surface area contributed by atoms with Gasteiger partial charge in [0, 0.05) is 6.04 Å². The van der Waals surface area contributed by atoms with Gasteiger partial charge in [-0.15, -0.1) is 0 Å². The van der Waals surface area contributed by atoms with E-state index in [9.17, 15) is 4.79 Å². The van der Waals surface area contributed by atoms with E-state index in [1.54, 1.807) is 6.20 Å². The molecule has 0 spiro atoms. The van der Waals surface area contributed by atoms with E-state index in [-0.39, 0.29) is 16.6 Å². The third-order valence-corrected chi connectivity index (χ3v) is 3.67. The van der Waals surface area contributed by atoms with E-state index in [1.807, 2.05) is 37.3 Å². The molecule has 1 aromatic carbocycles. The normalized spacial score (nSPS) is 12.4. The molecule has 5 heteroatoms. The SMILES string of the molecule is CC(C)C(C)Nc1cnn(-c2ccccc2)c(=O)c1Cl. The van der Waals surface area contributed by atoms with Crippen LogP contribution in [0.25, 0.3) is 5.69 Å². The zero-order valence-corrected chi connectivity index (χ0v) is 12.6. The van der Waals surface area contributed by atoms with Crippen LogP contribution in [0.1, 0.15) is 20.8 Å². The highest BCUT2D eigenvalue weighted by atomic mass is 35.5. The molecule has 1 atom stereocenters. The van der Waals surface area contributed by atoms with Gasteiger partial charge < -0.3 is 5.32 Å². The smallest absolute Gasteiger partial charge is 0.292 e. The second kappa shape index (κ2) is 6.09. The highest BCUT2D eigenvalue weighted by molar-refractivity contribution is 6.32. The highest BCUT2D eigenvalue weighted by Gasteiger charge is 2.13. The summed E-state index contributed by atoms with van der Waals surface area (Å²) < 4.78 is 1.30. The second-order valence-corrected chi connectivity index (χ2v) is 5.48. The van der Waals surface area contributed by atoms with Crippen molar-refractivity contribution in [3.05, 3.63) is 51.9 Å². The first-order valence-electron chi connectivity index (χ1n) is 6.60. The molecule has 1 aromatic heterocycles. The largest absolute Gasteiger partial charge is 0.380 e. The highest BCUT2D eigenvalue weighted by Crippen LogP contribution is 2.19. The van der Waals surface area contributed by atoms with Gasteiger partial charge in [0.25, 0.3) is 5.56 Å². The van der Waals surface area contributed by atoms with Crippen molar-refractivity contribution < 1.29 is 0 Å². The molecule has 2 aromatic rings. The van der Waals surface area contributed by atoms with Crippen LogP contribution < -0.4 is 10.9 Å². The Bertz CT molecular complexity index is 637. The maximum Gasteiger partial charge on any atom is 0.292 e. The monoisotopic (exact) mass is 291 g/mol. The summed E-state index contributed by atoms with van der Waals surface area (Å²) in [7, 11) is 0. The molecular weight excluding hydrogens is 274 g/mol. The number of para-hydroxylation sites is 1. The van der Waals surface area contributed by atoms with Crippen molar-refractivity contribution in [3.63, 3.8) is 0 Å². The van der Waals surface area contributed by atoms with Crippen LogP contribution in [-0.4, -0.2) is 15.8 Å². The lowest BCUT2D eigenvalue weighted by molar-refractivity contribution is 0.559. The third kappa shape index (κ3) is 3.02. The molecule has 20 heavy (non-hydrogen) atoms. The molecule has 1 heterocycles. The van der Waals surface area contributed by atoms with Gasteiger partial charge in [-0.1, -0.05) is 43.6 Å². The van der Waals surface area contributed by atoms with E-state index in [4.69, 9.17) is 11.6 Å². The molecule has 0 fully saturated rings. The number of nitrogens with zero attached hydrogens (tertiary/aromatic N) is 2. The van der Waals surface area contributed by atoms with Crippen LogP contribution in [-0.2, 0) is 0 Å². The molecule has 0 bridgehead atoms. The van der Waals surface area contributed by atoms with Gasteiger partial charge in [0.05, 0.1) is 17.6 Å². The van der Waals surface area contributed by atoms with E-state index in [0.717, 1.165) is 0 Å². The Hall–Kier alpha value is -1.81. The lowest BCUT2D eigenvalue weighted by atomic mass is 10.1. The van der Waals surface area contributed by atoms with E-state index >= 15 is 0 Å². The lowest BCUT2D eigenvalue weighted by Gasteiger charge is -2.19. The summed E-state index contributed by atoms with van der Waals surface area (Å²) in [6, 6.07) is 9.43. The van der Waals surface area contributed by atoms with Gasteiger partial charge in [0.2, 0.25) is 0 Å². The van der Waals surface area contributed by atoms with Crippen molar-refractivity contribution in [3.8, 4) is 5.69 Å². The number of rotatable bonds is 4. The Balaban J connectivity index is 2.38. The van der Waals surface area contributed by atoms with Crippen LogP contribution in [0.4, 0.5) is 5.69 Å². The van der Waals surface area contributed by atoms with Crippen LogP contribution in [0, 0.1) is 5.92 Å². The number of aromatic nitrogens is 2. The average molecular weight is 292 g/mol. The molecule has 106 valence electrons. The molecule has 0 aliphatic carbocycles. The minimum absolute atomic E-state index is 0.163. The predicted octanol–water partition coefficient (Wildman–Crippen LogP) is 3.34. The third-order valence-electron chi connectivity index (χ3n) is 3.30. The topological polar surface area (TPSA) is 46.9 Å². The lowest BCUT2D eigenvalue weighted by Crippen LogP contribution is -2.26. The molecule has 4 nitrogen and oxygen atoms in total. The molecule has 0 saturated heterocycles. The van der Waals surface area contributed by atoms with Crippen molar-refractivity contribution in [1.29, 1.82) is 0 Å². The number of benzene rings is 1. The minimum Gasteiger partial charge on any atom is -0.380 e. The second-order valence-electron chi connectivity index (χ2n) is 5.10. The molecule has 0 aliphatic rings. The number of anilines is 1. The zero-order valence-electron chi connectivity index (χ0n) is 11.8. The van der Waals surface area contributed by atoms with E-state index in [2.05, 4.69) is 24.3 Å². The van der Waals surface area contributed by atoms with Gasteiger partial charge >= 0.3 is 0 Å². The quantitative estimate of drug-likeness (QED) is 0.940. The van der Waals surface area contributed by atoms with Gasteiger partial charge in [-0.2, -0.15) is 9.78 Å². The molecule has 0 radical (unpaired) electrons. The van der Waals surface area contributed by atoms with Gasteiger partial charge in [-0.3, -0.25) is 4.79 Å². The Labute approximate surface area is 123 Å². The van der Waals surface area contributed by atoms with Crippen molar-refractivity contribution in [1.82, 2.24) is 9.78 Å². The molecule has 0 amide bonds. The maximum absolute atomic E-state index is 12.3. The zero-order chi connectivity index (χ0) is 14.7. The van der Waals surface area contributed by atoms with Gasteiger partial charge in [-0.25, -0.2) is 0 Å². The Morgan fingerprint density at radius 3 is 2.45 bits per heavy atom. The fraction of sp³-hybridized carbons (Fsp3) is 0.333. The van der Waals surface area contributed by atoms with Crippen LogP contribution in [0.15, 0.2) is 41.3 Å². The number of halogens is 1. The molecule has 0 aliphatic heterocycles. The van der Waals surface area contributed by atoms with Crippen LogP contribution >= 0.6 is 11.6 Å². The summed E-state index contributed by atoms with van der Waals surface area (Å²) in [6.07, 6.45) is 1.59. The molecule has 1 N–H and O–H groups in total. The number of hydrogen-bond donors (Lipinski definition) is 1. The molecule has 2 rings (SSSR count). The first-order chi connectivity index (χ1) is 9.50. The Morgan fingerprint density at radius 1 is 1.20 bits per heavy atom. The molecule has 1 unspecified atom stereocenters. The summed E-state index contributed by atoms with van der Waals surface area (Å²) in [5, 5.41) is 7.56. The first-order valence-corrected chi connectivity index (χ1v) is 6.98. The summed E-state index contributed by atoms with van der Waals surface area (Å²) in [5.41, 5.74) is 0.951. The summed E-state index contributed by atoms with van der Waals surface area (Å²) in [6.45, 7) is 6.25. The van der Waals surface area contributed by atoms with Gasteiger partial charge in [0.15, 0.2) is 0 Å².